The summed E-state index contributed by atoms with van der Waals surface area (Å²) >= 11 is 0. The van der Waals surface area contributed by atoms with Crippen molar-refractivity contribution in [1.82, 2.24) is 0 Å². The van der Waals surface area contributed by atoms with Crippen LogP contribution in [-0.4, -0.2) is 0 Å². The molecular weight excluding hydrogens is 501 g/mol. The summed E-state index contributed by atoms with van der Waals surface area (Å²) in [4.78, 5) is 41.3. The van der Waals surface area contributed by atoms with Gasteiger partial charge in [-0.25, -0.2) is 4.57 Å². The summed E-state index contributed by atoms with van der Waals surface area (Å²) < 4.78 is 25.3. The van der Waals surface area contributed by atoms with Gasteiger partial charge in [-0.05, 0) is 22.9 Å². The minimum atomic E-state index is -4.74. The van der Waals surface area contributed by atoms with E-state index in [4.69, 9.17) is 9.05 Å². The van der Waals surface area contributed by atoms with Gasteiger partial charge in [-0.3, -0.25) is 9.59 Å². The van der Waals surface area contributed by atoms with Gasteiger partial charge in [0, 0.05) is 32.3 Å². The van der Waals surface area contributed by atoms with Crippen LogP contribution < -0.4 is 19.9 Å². The molecule has 0 aliphatic carbocycles. The summed E-state index contributed by atoms with van der Waals surface area (Å²) in [7, 11) is -4.74. The minimum absolute atomic E-state index is 0.000756. The van der Waals surface area contributed by atoms with E-state index in [1.54, 1.807) is 97.1 Å². The van der Waals surface area contributed by atoms with Crippen molar-refractivity contribution in [2.24, 2.45) is 4.95 Å². The number of benzene rings is 4. The van der Waals surface area contributed by atoms with Crippen molar-refractivity contribution >= 4 is 50.8 Å². The third-order valence-corrected chi connectivity index (χ3v) is 7.44. The average Bonchev–Trinajstić information content (AvgIpc) is 3.14. The first-order chi connectivity index (χ1) is 18.5. The first-order valence-electron chi connectivity index (χ1n) is 11.7. The lowest BCUT2D eigenvalue weighted by Crippen LogP contribution is -2.00. The van der Waals surface area contributed by atoms with Gasteiger partial charge in [0.15, 0.2) is 10.9 Å². The zero-order valence-electron chi connectivity index (χ0n) is 19.7. The van der Waals surface area contributed by atoms with Crippen LogP contribution in [0.4, 0.5) is 0 Å². The molecule has 6 rings (SSSR count). The first-order valence-corrected chi connectivity index (χ1v) is 13.2. The molecule has 0 saturated carbocycles. The summed E-state index contributed by atoms with van der Waals surface area (Å²) in [5.74, 6) is 0.00151. The summed E-state index contributed by atoms with van der Waals surface area (Å²) in [5, 5.41) is 3.25. The Bertz CT molecular complexity index is 1950. The molecule has 0 N–H and O–H groups in total. The minimum Gasteiger partial charge on any atom is -0.397 e. The molecule has 0 aliphatic heterocycles. The third-order valence-electron chi connectivity index (χ3n) is 6.39. The molecular formula is C30H18NO6P. The molecule has 0 heterocycles. The highest BCUT2D eigenvalue weighted by atomic mass is 31.2. The van der Waals surface area contributed by atoms with Crippen molar-refractivity contribution < 1.29 is 13.6 Å². The Hall–Kier alpha value is -4.87. The highest BCUT2D eigenvalue weighted by Gasteiger charge is 2.32. The van der Waals surface area contributed by atoms with Crippen molar-refractivity contribution in [2.75, 3.05) is 0 Å². The van der Waals surface area contributed by atoms with Crippen molar-refractivity contribution in [3.8, 4) is 11.5 Å². The smallest absolute Gasteiger partial charge is 0.397 e. The van der Waals surface area contributed by atoms with E-state index >= 15 is 0 Å². The number of hydrogen-bond acceptors (Lipinski definition) is 6. The van der Waals surface area contributed by atoms with E-state index in [1.807, 2.05) is 0 Å². The van der Waals surface area contributed by atoms with Gasteiger partial charge in [0.2, 0.25) is 0 Å². The van der Waals surface area contributed by atoms with E-state index in [1.165, 1.54) is 12.1 Å². The molecule has 0 fully saturated rings. The molecule has 8 heteroatoms. The maximum atomic E-state index is 13.8. The van der Waals surface area contributed by atoms with Gasteiger partial charge >= 0.3 is 7.75 Å². The topological polar surface area (TPSA) is 99.1 Å². The fraction of sp³-hybridized carbons (Fsp3) is 0. The second-order valence-electron chi connectivity index (χ2n) is 8.67. The molecule has 0 atom stereocenters. The predicted octanol–water partition coefficient (Wildman–Crippen LogP) is 7.35. The van der Waals surface area contributed by atoms with Crippen LogP contribution in [0.3, 0.4) is 0 Å². The van der Waals surface area contributed by atoms with E-state index in [-0.39, 0.29) is 22.4 Å². The quantitative estimate of drug-likeness (QED) is 0.174. The lowest BCUT2D eigenvalue weighted by Gasteiger charge is -2.14. The maximum Gasteiger partial charge on any atom is 0.600 e. The molecule has 0 amide bonds. The van der Waals surface area contributed by atoms with Crippen LogP contribution in [0.1, 0.15) is 0 Å². The van der Waals surface area contributed by atoms with Crippen molar-refractivity contribution in [3.63, 3.8) is 0 Å². The molecule has 0 spiro atoms. The van der Waals surface area contributed by atoms with Crippen LogP contribution in [0.5, 0.6) is 11.5 Å². The fourth-order valence-electron chi connectivity index (χ4n) is 4.63. The van der Waals surface area contributed by atoms with Gasteiger partial charge in [-0.15, -0.1) is 4.91 Å². The van der Waals surface area contributed by atoms with Gasteiger partial charge < -0.3 is 9.05 Å². The zero-order chi connectivity index (χ0) is 26.3. The van der Waals surface area contributed by atoms with Crippen molar-refractivity contribution in [3.05, 3.63) is 135 Å². The first kappa shape index (κ1) is 23.5. The SMILES string of the molecule is O=NP(=O)(Oc1cc2ccccc2c(=O)c2ccccc12)Oc1cc2ccccc2c(=O)c2ccccc12. The Morgan fingerprint density at radius 1 is 0.500 bits per heavy atom. The van der Waals surface area contributed by atoms with Gasteiger partial charge in [0.05, 0.1) is 4.95 Å². The number of nitrogens with zero attached hydrogens (tertiary/aromatic N) is 1. The van der Waals surface area contributed by atoms with Gasteiger partial charge in [-0.2, -0.15) is 0 Å². The number of rotatable bonds is 5. The van der Waals surface area contributed by atoms with Crippen LogP contribution in [0.15, 0.2) is 124 Å². The molecule has 184 valence electrons. The third kappa shape index (κ3) is 3.99. The van der Waals surface area contributed by atoms with Crippen LogP contribution >= 0.6 is 7.75 Å². The Balaban J connectivity index is 1.57. The lowest BCUT2D eigenvalue weighted by atomic mass is 10.1. The second kappa shape index (κ2) is 9.21. The molecule has 0 radical (unpaired) electrons. The molecule has 7 nitrogen and oxygen atoms in total. The van der Waals surface area contributed by atoms with E-state index in [0.717, 1.165) is 0 Å². The summed E-state index contributed by atoms with van der Waals surface area (Å²) in [6.45, 7) is 0. The van der Waals surface area contributed by atoms with E-state index in [2.05, 4.69) is 4.95 Å². The van der Waals surface area contributed by atoms with Gasteiger partial charge in [-0.1, -0.05) is 97.1 Å². The second-order valence-corrected chi connectivity index (χ2v) is 10.1. The molecule has 0 aromatic heterocycles. The zero-order valence-corrected chi connectivity index (χ0v) is 20.6. The molecule has 6 aromatic carbocycles. The van der Waals surface area contributed by atoms with E-state index in [0.29, 0.717) is 43.1 Å². The Kier molecular flexibility index (Phi) is 5.70. The fourth-order valence-corrected chi connectivity index (χ4v) is 5.53. The van der Waals surface area contributed by atoms with Gasteiger partial charge in [0.1, 0.15) is 11.5 Å². The molecule has 0 unspecified atom stereocenters. The Morgan fingerprint density at radius 2 is 0.842 bits per heavy atom. The van der Waals surface area contributed by atoms with Crippen LogP contribution in [0.25, 0.3) is 43.1 Å². The van der Waals surface area contributed by atoms with Crippen molar-refractivity contribution in [2.45, 2.75) is 0 Å². The highest BCUT2D eigenvalue weighted by Crippen LogP contribution is 2.52. The van der Waals surface area contributed by atoms with Crippen LogP contribution in [0, 0.1) is 4.91 Å². The maximum absolute atomic E-state index is 13.8. The number of nitroso groups, excluding NO2 is 1. The summed E-state index contributed by atoms with van der Waals surface area (Å²) in [6.07, 6.45) is 0. The molecule has 6 aromatic rings. The number of hydrogen-bond donors (Lipinski definition) is 0. The molecule has 0 aliphatic rings. The van der Waals surface area contributed by atoms with Crippen LogP contribution in [0.2, 0.25) is 0 Å². The van der Waals surface area contributed by atoms with Crippen LogP contribution in [-0.2, 0) is 4.57 Å². The van der Waals surface area contributed by atoms with Crippen molar-refractivity contribution in [1.29, 1.82) is 0 Å². The standard InChI is InChI=1S/C30H18NO6P/c32-29-21-11-3-1-9-19(21)17-27(23-13-5-7-15-25(23)29)36-38(35,31-34)37-28-18-20-10-2-4-12-22(20)30(33)26-16-8-6-14-24(26)28/h1-18H. The lowest BCUT2D eigenvalue weighted by molar-refractivity contribution is 0.391. The number of fused-ring (bicyclic) bond motifs is 4. The molecule has 38 heavy (non-hydrogen) atoms. The predicted molar refractivity (Wildman–Crippen MR) is 150 cm³/mol. The Labute approximate surface area is 215 Å². The Morgan fingerprint density at radius 3 is 1.24 bits per heavy atom. The largest absolute Gasteiger partial charge is 0.600 e. The molecule has 0 saturated heterocycles. The normalized spacial score (nSPS) is 11.6. The monoisotopic (exact) mass is 519 g/mol. The summed E-state index contributed by atoms with van der Waals surface area (Å²) in [6, 6.07) is 30.2. The average molecular weight is 519 g/mol. The molecule has 0 bridgehead atoms. The van der Waals surface area contributed by atoms with E-state index in [9.17, 15) is 19.1 Å². The van der Waals surface area contributed by atoms with E-state index < -0.39 is 7.75 Å². The van der Waals surface area contributed by atoms with Gasteiger partial charge in [0.25, 0.3) is 0 Å². The summed E-state index contributed by atoms with van der Waals surface area (Å²) in [5.41, 5.74) is -0.479. The highest BCUT2D eigenvalue weighted by molar-refractivity contribution is 7.53.